The van der Waals surface area contributed by atoms with Crippen molar-refractivity contribution in [3.63, 3.8) is 0 Å². The van der Waals surface area contributed by atoms with Crippen LogP contribution < -0.4 is 16.2 Å². The average Bonchev–Trinajstić information content (AvgIpc) is 3.24. The molecule has 0 heterocycles. The minimum Gasteiger partial charge on any atom is -0.384 e. The first-order chi connectivity index (χ1) is 16.2. The number of halogens is 8. The second-order valence-corrected chi connectivity index (χ2v) is 10.4. The minimum absolute atomic E-state index is 0.0369. The van der Waals surface area contributed by atoms with E-state index in [1.165, 1.54) is 24.3 Å². The Kier molecular flexibility index (Phi) is 8.08. The second-order valence-electron chi connectivity index (χ2n) is 7.76. The summed E-state index contributed by atoms with van der Waals surface area (Å²) in [7, 11) is 0. The molecule has 2 aromatic rings. The lowest BCUT2D eigenvalue weighted by Crippen LogP contribution is -2.43. The number of alkyl halides is 5. The first-order valence-corrected chi connectivity index (χ1v) is 11.6. The normalized spacial score (nSPS) is 20.6. The lowest BCUT2D eigenvalue weighted by Gasteiger charge is -2.15. The van der Waals surface area contributed by atoms with Crippen LogP contribution in [-0.4, -0.2) is 35.2 Å². The third kappa shape index (κ3) is 6.09. The van der Waals surface area contributed by atoms with Crippen molar-refractivity contribution < 1.29 is 27.6 Å². The van der Waals surface area contributed by atoms with E-state index in [2.05, 4.69) is 5.32 Å². The van der Waals surface area contributed by atoms with Crippen molar-refractivity contribution in [3.05, 3.63) is 62.6 Å². The van der Waals surface area contributed by atoms with Crippen molar-refractivity contribution in [2.75, 3.05) is 11.9 Å². The molecule has 1 saturated carbocycles. The van der Waals surface area contributed by atoms with E-state index in [1.807, 2.05) is 5.43 Å². The summed E-state index contributed by atoms with van der Waals surface area (Å²) in [6, 6.07) is 8.84. The largest absolute Gasteiger partial charge is 0.397 e. The smallest absolute Gasteiger partial charge is 0.384 e. The van der Waals surface area contributed by atoms with Crippen LogP contribution in [-0.2, 0) is 9.59 Å². The van der Waals surface area contributed by atoms with E-state index in [1.54, 1.807) is 17.6 Å². The van der Waals surface area contributed by atoms with Gasteiger partial charge in [-0.15, -0.1) is 0 Å². The van der Waals surface area contributed by atoms with Gasteiger partial charge < -0.3 is 10.1 Å². The second kappa shape index (κ2) is 10.2. The maximum atomic E-state index is 12.3. The number of hydrogen-bond donors (Lipinski definition) is 3. The molecule has 0 spiro atoms. The van der Waals surface area contributed by atoms with E-state index in [4.69, 9.17) is 58.0 Å². The fraction of sp³-hybridized carbons (Fsp3) is 0.286. The maximum Gasteiger partial charge on any atom is 0.397 e. The molecule has 14 heteroatoms. The first kappa shape index (κ1) is 27.7. The quantitative estimate of drug-likeness (QED) is 0.212. The minimum atomic E-state index is -4.73. The van der Waals surface area contributed by atoms with Crippen LogP contribution in [0.2, 0.25) is 15.1 Å². The zero-order chi connectivity index (χ0) is 26.2. The Hall–Kier alpha value is -1.91. The van der Waals surface area contributed by atoms with Gasteiger partial charge in [0.2, 0.25) is 5.91 Å². The van der Waals surface area contributed by atoms with Gasteiger partial charge in [-0.05, 0) is 42.0 Å². The number of amides is 2. The Balaban J connectivity index is 1.73. The molecule has 1 fully saturated rings. The molecule has 3 rings (SSSR count). The Bertz CT molecular complexity index is 1160. The molecule has 2 unspecified atom stereocenters. The van der Waals surface area contributed by atoms with Crippen LogP contribution in [0.1, 0.15) is 28.3 Å². The summed E-state index contributed by atoms with van der Waals surface area (Å²) in [5.74, 6) is -3.05. The van der Waals surface area contributed by atoms with Crippen LogP contribution in [0.25, 0.3) is 0 Å². The van der Waals surface area contributed by atoms with Gasteiger partial charge in [0, 0.05) is 28.2 Å². The zero-order valence-corrected chi connectivity index (χ0v) is 21.1. The van der Waals surface area contributed by atoms with Crippen molar-refractivity contribution in [3.8, 4) is 0 Å². The van der Waals surface area contributed by atoms with Gasteiger partial charge in [0.15, 0.2) is 0 Å². The number of hydrogen-bond acceptors (Lipinski definition) is 4. The Labute approximate surface area is 222 Å². The molecular weight excluding hydrogens is 577 g/mol. The lowest BCUT2D eigenvalue weighted by molar-refractivity contribution is -0.154. The van der Waals surface area contributed by atoms with Crippen molar-refractivity contribution in [1.82, 2.24) is 10.9 Å². The van der Waals surface area contributed by atoms with Gasteiger partial charge in [-0.1, -0.05) is 58.0 Å². The van der Waals surface area contributed by atoms with Crippen LogP contribution in [0.15, 0.2) is 36.4 Å². The Morgan fingerprint density at radius 2 is 1.63 bits per heavy atom. The molecule has 1 aliphatic rings. The molecule has 2 amide bonds. The number of nitrogens with one attached hydrogen (secondary N) is 3. The van der Waals surface area contributed by atoms with Gasteiger partial charge in [0.05, 0.1) is 16.0 Å². The van der Waals surface area contributed by atoms with Gasteiger partial charge in [-0.3, -0.25) is 20.4 Å². The van der Waals surface area contributed by atoms with E-state index in [-0.39, 0.29) is 17.1 Å². The highest BCUT2D eigenvalue weighted by atomic mass is 35.5. The highest BCUT2D eigenvalue weighted by molar-refractivity contribution is 6.54. The third-order valence-corrected chi connectivity index (χ3v) is 7.22. The number of anilines is 1. The average molecular weight is 592 g/mol. The lowest BCUT2D eigenvalue weighted by atomic mass is 10.00. The predicted octanol–water partition coefficient (Wildman–Crippen LogP) is 5.93. The summed E-state index contributed by atoms with van der Waals surface area (Å²) < 4.78 is 35.3. The molecule has 3 N–H and O–H groups in total. The van der Waals surface area contributed by atoms with Gasteiger partial charge in [-0.25, -0.2) is 0 Å². The highest BCUT2D eigenvalue weighted by Gasteiger charge is 2.76. The topological polar surface area (TPSA) is 87.3 Å². The van der Waals surface area contributed by atoms with Crippen LogP contribution in [0, 0.1) is 5.41 Å². The van der Waals surface area contributed by atoms with E-state index in [0.29, 0.717) is 27.6 Å². The van der Waals surface area contributed by atoms with Gasteiger partial charge in [-0.2, -0.15) is 13.2 Å². The molecule has 6 nitrogen and oxygen atoms in total. The van der Waals surface area contributed by atoms with Gasteiger partial charge in [0.1, 0.15) is 17.0 Å². The highest BCUT2D eigenvalue weighted by Crippen LogP contribution is 2.73. The van der Waals surface area contributed by atoms with Crippen LogP contribution in [0.5, 0.6) is 0 Å². The first-order valence-electron chi connectivity index (χ1n) is 9.69. The Morgan fingerprint density at radius 3 is 2.20 bits per heavy atom. The van der Waals surface area contributed by atoms with E-state index in [9.17, 15) is 27.6 Å². The number of carbonyl (C=O) groups is 3. The van der Waals surface area contributed by atoms with Crippen molar-refractivity contribution in [2.45, 2.75) is 22.8 Å². The molecule has 0 aromatic heterocycles. The summed E-state index contributed by atoms with van der Waals surface area (Å²) in [6.45, 7) is -0.0523. The number of hydrazine groups is 1. The molecule has 0 bridgehead atoms. The molecule has 35 heavy (non-hydrogen) atoms. The molecule has 188 valence electrons. The van der Waals surface area contributed by atoms with Crippen molar-refractivity contribution in [2.24, 2.45) is 5.41 Å². The molecule has 0 aliphatic heterocycles. The number of rotatable bonds is 7. The summed E-state index contributed by atoms with van der Waals surface area (Å²) >= 11 is 31.1. The SMILES string of the molecule is O=CC1(CNc2ccc(Cl)c(C(=O)NNC(=O)CC(F)(F)F)c2)C(c2cc(Cl)cc(Cl)c2)C1(Cl)Cl. The summed E-state index contributed by atoms with van der Waals surface area (Å²) in [6.07, 6.45) is -5.88. The van der Waals surface area contributed by atoms with Gasteiger partial charge >= 0.3 is 6.18 Å². The summed E-state index contributed by atoms with van der Waals surface area (Å²) in [5, 5.41) is 3.60. The fourth-order valence-corrected chi connectivity index (χ4v) is 5.33. The van der Waals surface area contributed by atoms with E-state index >= 15 is 0 Å². The number of aldehydes is 1. The third-order valence-electron chi connectivity index (χ3n) is 5.32. The molecule has 0 radical (unpaired) electrons. The van der Waals surface area contributed by atoms with Crippen LogP contribution in [0.3, 0.4) is 0 Å². The molecule has 2 atom stereocenters. The monoisotopic (exact) mass is 589 g/mol. The van der Waals surface area contributed by atoms with Crippen molar-refractivity contribution in [1.29, 1.82) is 0 Å². The summed E-state index contributed by atoms with van der Waals surface area (Å²) in [4.78, 5) is 35.7. The number of benzene rings is 2. The Morgan fingerprint density at radius 1 is 1.00 bits per heavy atom. The molecule has 0 saturated heterocycles. The van der Waals surface area contributed by atoms with Crippen LogP contribution in [0.4, 0.5) is 18.9 Å². The number of carbonyl (C=O) groups excluding carboxylic acids is 3. The predicted molar refractivity (Wildman–Crippen MR) is 128 cm³/mol. The fourth-order valence-electron chi connectivity index (χ4n) is 3.61. The molecule has 1 aliphatic carbocycles. The molecular formula is C21H15Cl5F3N3O3. The van der Waals surface area contributed by atoms with E-state index < -0.39 is 40.1 Å². The van der Waals surface area contributed by atoms with Gasteiger partial charge in [0.25, 0.3) is 5.91 Å². The maximum absolute atomic E-state index is 12.3. The standard InChI is InChI=1S/C21H15Cl5F3N3O3/c22-11-3-10(4-12(23)5-11)17-19(9-33,21(17,25)26)8-30-13-1-2-15(24)14(6-13)18(35)32-31-16(34)7-20(27,28)29/h1-6,9,17,30H,7-8H2,(H,31,34)(H,32,35). The molecule has 2 aromatic carbocycles. The summed E-state index contributed by atoms with van der Waals surface area (Å²) in [5.41, 5.74) is 2.99. The zero-order valence-electron chi connectivity index (χ0n) is 17.3. The van der Waals surface area contributed by atoms with Crippen LogP contribution >= 0.6 is 58.0 Å². The van der Waals surface area contributed by atoms with Crippen molar-refractivity contribution >= 4 is 81.8 Å². The van der Waals surface area contributed by atoms with E-state index in [0.717, 1.165) is 0 Å².